The maximum Gasteiger partial charge on any atom is 2.00 e. The SMILES string of the molecule is O=S(=O)([O-])c1c(/N=N/c2c(O)ccc3ccccc23)ccc2ccccc12.O=S(=O)([O-])c1c(/N=N/c2c(O)ccc3ccccc23)ccc2ccccc12.[Sr+2]. The third kappa shape index (κ3) is 8.44. The summed E-state index contributed by atoms with van der Waals surface area (Å²) in [6.45, 7) is 0. The van der Waals surface area contributed by atoms with E-state index in [2.05, 4.69) is 20.5 Å². The zero-order chi connectivity index (χ0) is 38.0. The first-order valence-electron chi connectivity index (χ1n) is 16.1. The first-order valence-corrected chi connectivity index (χ1v) is 18.9. The number of phenols is 2. The molecule has 2 N–H and O–H groups in total. The number of phenolic OH excluding ortho intramolecular Hbond substituents is 2. The maximum absolute atomic E-state index is 11.9. The summed E-state index contributed by atoms with van der Waals surface area (Å²) in [5.74, 6) is -0.186. The van der Waals surface area contributed by atoms with E-state index in [1.54, 1.807) is 97.1 Å². The van der Waals surface area contributed by atoms with Crippen LogP contribution >= 0.6 is 0 Å². The molecule has 8 aromatic carbocycles. The zero-order valence-electron chi connectivity index (χ0n) is 28.5. The van der Waals surface area contributed by atoms with Gasteiger partial charge in [0, 0.05) is 21.5 Å². The summed E-state index contributed by atoms with van der Waals surface area (Å²) in [4.78, 5) is -0.854. The van der Waals surface area contributed by atoms with Gasteiger partial charge in [0.05, 0.1) is 9.79 Å². The minimum absolute atomic E-state index is 0. The molecule has 12 nitrogen and oxygen atoms in total. The Balaban J connectivity index is 0.000000184. The van der Waals surface area contributed by atoms with Crippen LogP contribution in [0.1, 0.15) is 0 Å². The van der Waals surface area contributed by atoms with Crippen molar-refractivity contribution in [2.24, 2.45) is 20.5 Å². The molecule has 0 amide bonds. The van der Waals surface area contributed by atoms with Gasteiger partial charge in [0.1, 0.15) is 54.5 Å². The quantitative estimate of drug-likeness (QED) is 0.0934. The summed E-state index contributed by atoms with van der Waals surface area (Å²) in [6.07, 6.45) is 0. The molecule has 0 fully saturated rings. The van der Waals surface area contributed by atoms with Crippen LogP contribution in [0.25, 0.3) is 43.1 Å². The molecule has 0 aliphatic heterocycles. The van der Waals surface area contributed by atoms with E-state index in [-0.39, 0.29) is 90.5 Å². The molecule has 0 heterocycles. The summed E-state index contributed by atoms with van der Waals surface area (Å²) in [5, 5.41) is 41.2. The number of benzene rings is 8. The van der Waals surface area contributed by atoms with E-state index >= 15 is 0 Å². The van der Waals surface area contributed by atoms with Gasteiger partial charge in [-0.25, -0.2) is 16.8 Å². The molecule has 0 saturated carbocycles. The van der Waals surface area contributed by atoms with Crippen molar-refractivity contribution in [1.29, 1.82) is 0 Å². The third-order valence-electron chi connectivity index (χ3n) is 8.49. The molecule has 15 heteroatoms. The average Bonchev–Trinajstić information content (AvgIpc) is 3.16. The van der Waals surface area contributed by atoms with Crippen LogP contribution in [0.2, 0.25) is 0 Å². The van der Waals surface area contributed by atoms with Crippen LogP contribution in [0, 0.1) is 0 Å². The molecule has 0 unspecified atom stereocenters. The number of azo groups is 2. The Morgan fingerprint density at radius 3 is 1.02 bits per heavy atom. The van der Waals surface area contributed by atoms with Crippen molar-refractivity contribution in [2.45, 2.75) is 9.79 Å². The molecule has 8 rings (SSSR count). The number of hydrogen-bond acceptors (Lipinski definition) is 12. The van der Waals surface area contributed by atoms with E-state index in [0.717, 1.165) is 10.8 Å². The van der Waals surface area contributed by atoms with Gasteiger partial charge in [-0.2, -0.15) is 0 Å². The van der Waals surface area contributed by atoms with Gasteiger partial charge in [0.25, 0.3) is 0 Å². The normalized spacial score (nSPS) is 12.0. The van der Waals surface area contributed by atoms with Gasteiger partial charge in [-0.15, -0.1) is 20.5 Å². The van der Waals surface area contributed by atoms with E-state index in [4.69, 9.17) is 0 Å². The molecule has 0 atom stereocenters. The molecule has 0 saturated heterocycles. The fourth-order valence-corrected chi connectivity index (χ4v) is 7.69. The van der Waals surface area contributed by atoms with E-state index in [9.17, 15) is 36.2 Å². The Morgan fingerprint density at radius 2 is 0.673 bits per heavy atom. The zero-order valence-corrected chi connectivity index (χ0v) is 33.6. The average molecular weight is 842 g/mol. The van der Waals surface area contributed by atoms with Crippen molar-refractivity contribution in [3.05, 3.63) is 146 Å². The van der Waals surface area contributed by atoms with E-state index in [0.29, 0.717) is 21.5 Å². The second kappa shape index (κ2) is 16.3. The second-order valence-electron chi connectivity index (χ2n) is 11.9. The number of hydrogen-bond donors (Lipinski definition) is 2. The van der Waals surface area contributed by atoms with Crippen LogP contribution < -0.4 is 0 Å². The molecule has 55 heavy (non-hydrogen) atoms. The van der Waals surface area contributed by atoms with Gasteiger partial charge < -0.3 is 19.3 Å². The summed E-state index contributed by atoms with van der Waals surface area (Å²) >= 11 is 0. The number of aromatic hydroxyl groups is 2. The second-order valence-corrected chi connectivity index (χ2v) is 14.5. The van der Waals surface area contributed by atoms with E-state index in [1.165, 1.54) is 24.3 Å². The van der Waals surface area contributed by atoms with E-state index < -0.39 is 30.0 Å². The predicted molar refractivity (Wildman–Crippen MR) is 209 cm³/mol. The Morgan fingerprint density at radius 1 is 0.382 bits per heavy atom. The fraction of sp³-hybridized carbons (Fsp3) is 0. The topological polar surface area (TPSA) is 204 Å². The molecular weight excluding hydrogens is 816 g/mol. The van der Waals surface area contributed by atoms with Crippen molar-refractivity contribution in [1.82, 2.24) is 0 Å². The van der Waals surface area contributed by atoms with Crippen LogP contribution in [0.4, 0.5) is 22.7 Å². The van der Waals surface area contributed by atoms with Gasteiger partial charge in [-0.05, 0) is 45.8 Å². The van der Waals surface area contributed by atoms with Crippen molar-refractivity contribution < 1.29 is 36.2 Å². The number of rotatable bonds is 6. The molecule has 0 spiro atoms. The van der Waals surface area contributed by atoms with Crippen LogP contribution in [0.5, 0.6) is 11.5 Å². The van der Waals surface area contributed by atoms with Crippen LogP contribution in [0.3, 0.4) is 0 Å². The van der Waals surface area contributed by atoms with Crippen molar-refractivity contribution in [2.75, 3.05) is 0 Å². The van der Waals surface area contributed by atoms with Gasteiger partial charge in [0.2, 0.25) is 0 Å². The Kier molecular flexibility index (Phi) is 11.8. The van der Waals surface area contributed by atoms with Crippen LogP contribution in [0.15, 0.2) is 176 Å². The van der Waals surface area contributed by atoms with Gasteiger partial charge >= 0.3 is 45.5 Å². The smallest absolute Gasteiger partial charge is 0.744 e. The molecular formula is C40H26N4O8S2Sr. The molecule has 0 aromatic heterocycles. The van der Waals surface area contributed by atoms with E-state index in [1.807, 2.05) is 24.3 Å². The van der Waals surface area contributed by atoms with Crippen LogP contribution in [-0.4, -0.2) is 81.6 Å². The standard InChI is InChI=1S/2C20H14N2O4S.Sr/c2*23-18-12-10-13-5-1-3-7-15(13)19(18)22-21-17-11-9-14-6-2-4-8-16(14)20(17)27(24,25)26;/h2*1-12,23H,(H,24,25,26);/q;;+2/p-2/b2*22-21+;. The van der Waals surface area contributed by atoms with Gasteiger partial charge in [-0.1, -0.05) is 121 Å². The van der Waals surface area contributed by atoms with Crippen molar-refractivity contribution >= 4 is 132 Å². The van der Waals surface area contributed by atoms with Gasteiger partial charge in [-0.3, -0.25) is 0 Å². The minimum Gasteiger partial charge on any atom is -0.744 e. The predicted octanol–water partition coefficient (Wildman–Crippen LogP) is 9.66. The number of fused-ring (bicyclic) bond motifs is 4. The first kappa shape index (κ1) is 39.6. The first-order chi connectivity index (χ1) is 25.9. The summed E-state index contributed by atoms with van der Waals surface area (Å²) in [6, 6.07) is 40.5. The van der Waals surface area contributed by atoms with Crippen LogP contribution in [-0.2, 0) is 20.2 Å². The largest absolute Gasteiger partial charge is 2.00 e. The molecule has 0 radical (unpaired) electrons. The molecule has 268 valence electrons. The maximum atomic E-state index is 11.9. The summed E-state index contributed by atoms with van der Waals surface area (Å²) in [5.41, 5.74) is 0.262. The molecule has 0 bridgehead atoms. The number of nitrogens with zero attached hydrogens (tertiary/aromatic N) is 4. The summed E-state index contributed by atoms with van der Waals surface area (Å²) < 4.78 is 71.1. The Bertz CT molecular complexity index is 2840. The minimum atomic E-state index is -4.78. The van der Waals surface area contributed by atoms with Crippen molar-refractivity contribution in [3.8, 4) is 11.5 Å². The fourth-order valence-electron chi connectivity index (χ4n) is 6.05. The molecule has 0 aliphatic rings. The Labute approximate surface area is 351 Å². The monoisotopic (exact) mass is 842 g/mol. The summed E-state index contributed by atoms with van der Waals surface area (Å²) in [7, 11) is -9.57. The van der Waals surface area contributed by atoms with Gasteiger partial charge in [0.15, 0.2) is 0 Å². The third-order valence-corrected chi connectivity index (χ3v) is 10.3. The Hall–Kier alpha value is -5.10. The van der Waals surface area contributed by atoms with Crippen molar-refractivity contribution in [3.63, 3.8) is 0 Å². The molecule has 8 aromatic rings. The molecule has 0 aliphatic carbocycles.